The Hall–Kier alpha value is -3.64. The molecular formula is C24H26FN3O6S2. The number of halogens is 1. The maximum atomic E-state index is 13.1. The average molecular weight is 536 g/mol. The summed E-state index contributed by atoms with van der Waals surface area (Å²) in [5.74, 6) is -0.547. The first-order chi connectivity index (χ1) is 16.9. The van der Waals surface area contributed by atoms with Crippen LogP contribution in [0.15, 0.2) is 77.7 Å². The molecular weight excluding hydrogens is 509 g/mol. The highest BCUT2D eigenvalue weighted by molar-refractivity contribution is 7.92. The van der Waals surface area contributed by atoms with E-state index < -0.39 is 37.8 Å². The van der Waals surface area contributed by atoms with Crippen molar-refractivity contribution >= 4 is 43.0 Å². The zero-order valence-electron chi connectivity index (χ0n) is 19.8. The summed E-state index contributed by atoms with van der Waals surface area (Å²) in [6, 6.07) is 15.4. The lowest BCUT2D eigenvalue weighted by atomic mass is 10.2. The maximum Gasteiger partial charge on any atom is 0.261 e. The minimum Gasteiger partial charge on any atom is -0.494 e. The number of carbonyl (C=O) groups is 1. The quantitative estimate of drug-likeness (QED) is 0.407. The minimum atomic E-state index is -3.95. The molecule has 0 aromatic heterocycles. The molecule has 3 aromatic carbocycles. The van der Waals surface area contributed by atoms with Crippen molar-refractivity contribution in [3.05, 3.63) is 78.6 Å². The molecule has 0 bridgehead atoms. The molecule has 192 valence electrons. The largest absolute Gasteiger partial charge is 0.494 e. The zero-order chi connectivity index (χ0) is 26.5. The number of hydrogen-bond acceptors (Lipinski definition) is 6. The third kappa shape index (κ3) is 6.73. The van der Waals surface area contributed by atoms with E-state index in [1.165, 1.54) is 43.3 Å². The van der Waals surface area contributed by atoms with E-state index in [-0.39, 0.29) is 22.0 Å². The number of sulfonamides is 2. The van der Waals surface area contributed by atoms with Gasteiger partial charge in [-0.05, 0) is 86.6 Å². The lowest BCUT2D eigenvalue weighted by Gasteiger charge is -2.28. The van der Waals surface area contributed by atoms with Crippen LogP contribution in [0.25, 0.3) is 0 Å². The SMILES string of the molecule is CCOc1ccc(N(C(C)C(=O)Nc2ccc(S(=O)(=O)Nc3ccc(F)cc3)cc2)S(C)(=O)=O)cc1. The Labute approximate surface area is 210 Å². The fraction of sp³-hybridized carbons (Fsp3) is 0.208. The molecule has 3 aromatic rings. The number of ether oxygens (including phenoxy) is 1. The van der Waals surface area contributed by atoms with Gasteiger partial charge in [0.1, 0.15) is 17.6 Å². The van der Waals surface area contributed by atoms with Gasteiger partial charge in [-0.1, -0.05) is 0 Å². The van der Waals surface area contributed by atoms with Crippen LogP contribution in [0.1, 0.15) is 13.8 Å². The van der Waals surface area contributed by atoms with Gasteiger partial charge in [-0.2, -0.15) is 0 Å². The predicted octanol–water partition coefficient (Wildman–Crippen LogP) is 3.82. The van der Waals surface area contributed by atoms with Gasteiger partial charge in [0.25, 0.3) is 10.0 Å². The molecule has 1 atom stereocenters. The van der Waals surface area contributed by atoms with E-state index in [4.69, 9.17) is 4.74 Å². The second kappa shape index (κ2) is 11.0. The van der Waals surface area contributed by atoms with Crippen molar-refractivity contribution in [1.29, 1.82) is 0 Å². The first-order valence-electron chi connectivity index (χ1n) is 10.8. The molecule has 0 fully saturated rings. The summed E-state index contributed by atoms with van der Waals surface area (Å²) >= 11 is 0. The van der Waals surface area contributed by atoms with Crippen LogP contribution in [0.3, 0.4) is 0 Å². The molecule has 2 N–H and O–H groups in total. The number of anilines is 3. The average Bonchev–Trinajstić information content (AvgIpc) is 2.81. The Bertz CT molecular complexity index is 1410. The van der Waals surface area contributed by atoms with Crippen LogP contribution >= 0.6 is 0 Å². The summed E-state index contributed by atoms with van der Waals surface area (Å²) in [7, 11) is -7.76. The van der Waals surface area contributed by atoms with Crippen molar-refractivity contribution in [3.8, 4) is 5.75 Å². The summed E-state index contributed by atoms with van der Waals surface area (Å²) in [6.07, 6.45) is 1.00. The molecule has 0 aliphatic carbocycles. The Balaban J connectivity index is 1.74. The Morgan fingerprint density at radius 3 is 2.00 bits per heavy atom. The summed E-state index contributed by atoms with van der Waals surface area (Å²) in [5.41, 5.74) is 0.752. The topological polar surface area (TPSA) is 122 Å². The van der Waals surface area contributed by atoms with Crippen molar-refractivity contribution in [2.75, 3.05) is 27.2 Å². The van der Waals surface area contributed by atoms with Crippen LogP contribution in [0, 0.1) is 5.82 Å². The molecule has 0 aliphatic heterocycles. The predicted molar refractivity (Wildman–Crippen MR) is 137 cm³/mol. The van der Waals surface area contributed by atoms with E-state index in [0.29, 0.717) is 12.4 Å². The number of rotatable bonds is 10. The number of carbonyl (C=O) groups excluding carboxylic acids is 1. The molecule has 0 spiro atoms. The van der Waals surface area contributed by atoms with Crippen molar-refractivity contribution < 1.29 is 30.8 Å². The molecule has 0 saturated carbocycles. The van der Waals surface area contributed by atoms with Gasteiger partial charge in [-0.3, -0.25) is 13.8 Å². The standard InChI is InChI=1S/C24H26FN3O6S2/c1-4-34-22-13-11-21(12-14-22)28(35(3,30)31)17(2)24(29)26-19-9-15-23(16-10-19)36(32,33)27-20-7-5-18(25)6-8-20/h5-17,27H,4H2,1-3H3,(H,26,29). The third-order valence-electron chi connectivity index (χ3n) is 5.02. The van der Waals surface area contributed by atoms with E-state index in [9.17, 15) is 26.0 Å². The van der Waals surface area contributed by atoms with Gasteiger partial charge in [0.05, 0.1) is 23.4 Å². The van der Waals surface area contributed by atoms with E-state index in [0.717, 1.165) is 22.7 Å². The van der Waals surface area contributed by atoms with Gasteiger partial charge in [0, 0.05) is 11.4 Å². The second-order valence-electron chi connectivity index (χ2n) is 7.79. The monoisotopic (exact) mass is 535 g/mol. The van der Waals surface area contributed by atoms with Gasteiger partial charge in [0.2, 0.25) is 15.9 Å². The van der Waals surface area contributed by atoms with E-state index >= 15 is 0 Å². The van der Waals surface area contributed by atoms with Crippen LogP contribution in [0.4, 0.5) is 21.5 Å². The first-order valence-corrected chi connectivity index (χ1v) is 14.2. The number of hydrogen-bond donors (Lipinski definition) is 2. The van der Waals surface area contributed by atoms with Gasteiger partial charge in [0.15, 0.2) is 0 Å². The zero-order valence-corrected chi connectivity index (χ0v) is 21.4. The molecule has 0 aliphatic rings. The summed E-state index contributed by atoms with van der Waals surface area (Å²) in [5, 5.41) is 2.60. The molecule has 0 radical (unpaired) electrons. The third-order valence-corrected chi connectivity index (χ3v) is 7.66. The summed E-state index contributed by atoms with van der Waals surface area (Å²) in [6.45, 7) is 3.72. The van der Waals surface area contributed by atoms with Crippen LogP contribution in [0.2, 0.25) is 0 Å². The number of benzene rings is 3. The molecule has 0 saturated heterocycles. The van der Waals surface area contributed by atoms with Crippen LogP contribution in [-0.4, -0.2) is 41.6 Å². The van der Waals surface area contributed by atoms with Gasteiger partial charge >= 0.3 is 0 Å². The van der Waals surface area contributed by atoms with Crippen LogP contribution in [-0.2, 0) is 24.8 Å². The molecule has 36 heavy (non-hydrogen) atoms. The smallest absolute Gasteiger partial charge is 0.261 e. The highest BCUT2D eigenvalue weighted by Gasteiger charge is 2.29. The van der Waals surface area contributed by atoms with Gasteiger partial charge in [-0.25, -0.2) is 21.2 Å². The second-order valence-corrected chi connectivity index (χ2v) is 11.3. The Kier molecular flexibility index (Phi) is 8.21. The minimum absolute atomic E-state index is 0.0787. The number of amides is 1. The molecule has 9 nitrogen and oxygen atoms in total. The highest BCUT2D eigenvalue weighted by atomic mass is 32.2. The van der Waals surface area contributed by atoms with E-state index in [2.05, 4.69) is 10.0 Å². The number of nitrogens with one attached hydrogen (secondary N) is 2. The van der Waals surface area contributed by atoms with E-state index in [1.54, 1.807) is 24.3 Å². The summed E-state index contributed by atoms with van der Waals surface area (Å²) < 4.78 is 71.9. The van der Waals surface area contributed by atoms with Gasteiger partial charge < -0.3 is 10.1 Å². The Morgan fingerprint density at radius 1 is 0.917 bits per heavy atom. The van der Waals surface area contributed by atoms with Crippen molar-refractivity contribution in [2.24, 2.45) is 0 Å². The molecule has 0 heterocycles. The van der Waals surface area contributed by atoms with Crippen molar-refractivity contribution in [1.82, 2.24) is 0 Å². The fourth-order valence-corrected chi connectivity index (χ4v) is 5.59. The first kappa shape index (κ1) is 27.0. The molecule has 1 amide bonds. The lowest BCUT2D eigenvalue weighted by Crippen LogP contribution is -2.45. The molecule has 1 unspecified atom stereocenters. The van der Waals surface area contributed by atoms with E-state index in [1.807, 2.05) is 6.92 Å². The van der Waals surface area contributed by atoms with Crippen molar-refractivity contribution in [2.45, 2.75) is 24.8 Å². The lowest BCUT2D eigenvalue weighted by molar-refractivity contribution is -0.116. The number of nitrogens with zero attached hydrogens (tertiary/aromatic N) is 1. The van der Waals surface area contributed by atoms with Crippen molar-refractivity contribution in [3.63, 3.8) is 0 Å². The fourth-order valence-electron chi connectivity index (χ4n) is 3.36. The molecule has 3 rings (SSSR count). The van der Waals surface area contributed by atoms with Crippen LogP contribution in [0.5, 0.6) is 5.75 Å². The molecule has 12 heteroatoms. The Morgan fingerprint density at radius 2 is 1.47 bits per heavy atom. The summed E-state index contributed by atoms with van der Waals surface area (Å²) in [4.78, 5) is 12.8. The van der Waals surface area contributed by atoms with Crippen LogP contribution < -0.4 is 19.1 Å². The highest BCUT2D eigenvalue weighted by Crippen LogP contribution is 2.25. The normalized spacial score (nSPS) is 12.4. The van der Waals surface area contributed by atoms with Gasteiger partial charge in [-0.15, -0.1) is 0 Å². The maximum absolute atomic E-state index is 13.1.